The van der Waals surface area contributed by atoms with Gasteiger partial charge in [-0.3, -0.25) is 4.79 Å². The van der Waals surface area contributed by atoms with E-state index in [9.17, 15) is 4.79 Å². The molecule has 1 aliphatic rings. The van der Waals surface area contributed by atoms with Crippen LogP contribution in [0, 0.1) is 11.8 Å². The lowest BCUT2D eigenvalue weighted by atomic mass is 9.69. The van der Waals surface area contributed by atoms with Crippen molar-refractivity contribution in [3.05, 3.63) is 0 Å². The molecule has 1 saturated carbocycles. The lowest BCUT2D eigenvalue weighted by Gasteiger charge is -2.43. The van der Waals surface area contributed by atoms with E-state index in [4.69, 9.17) is 4.74 Å². The molecule has 0 bridgehead atoms. The molecule has 0 heterocycles. The molecular formula is C12H23NO2. The summed E-state index contributed by atoms with van der Waals surface area (Å²) in [6, 6.07) is 0. The number of likely N-dealkylation sites (N-methyl/N-ethyl adjacent to an activating group) is 1. The summed E-state index contributed by atoms with van der Waals surface area (Å²) in [5.74, 6) is 0.865. The van der Waals surface area contributed by atoms with Crippen molar-refractivity contribution >= 4 is 5.97 Å². The second-order valence-corrected chi connectivity index (χ2v) is 4.78. The zero-order valence-corrected chi connectivity index (χ0v) is 10.3. The van der Waals surface area contributed by atoms with E-state index in [1.54, 1.807) is 0 Å². The van der Waals surface area contributed by atoms with Crippen LogP contribution in [0.5, 0.6) is 0 Å². The quantitative estimate of drug-likeness (QED) is 0.728. The van der Waals surface area contributed by atoms with E-state index < -0.39 is 5.54 Å². The van der Waals surface area contributed by atoms with Gasteiger partial charge in [-0.25, -0.2) is 0 Å². The smallest absolute Gasteiger partial charge is 0.326 e. The average Bonchev–Trinajstić information content (AvgIpc) is 2.22. The molecule has 0 amide bonds. The molecule has 0 radical (unpaired) electrons. The largest absolute Gasteiger partial charge is 0.468 e. The van der Waals surface area contributed by atoms with E-state index in [1.165, 1.54) is 13.5 Å². The molecule has 0 spiro atoms. The standard InChI is InChI=1S/C12H23NO2/c1-5-13-12(11(14)15-4)8-9(2)6-7-10(12)3/h9-10,13H,5-8H2,1-4H3. The molecule has 0 aromatic heterocycles. The first-order valence-electron chi connectivity index (χ1n) is 5.90. The normalized spacial score (nSPS) is 36.3. The number of hydrogen-bond acceptors (Lipinski definition) is 3. The number of carbonyl (C=O) groups is 1. The summed E-state index contributed by atoms with van der Waals surface area (Å²) in [7, 11) is 1.48. The monoisotopic (exact) mass is 213 g/mol. The number of carbonyl (C=O) groups excluding carboxylic acids is 1. The summed E-state index contributed by atoms with van der Waals surface area (Å²) in [4.78, 5) is 12.0. The van der Waals surface area contributed by atoms with Gasteiger partial charge in [-0.05, 0) is 31.2 Å². The predicted octanol–water partition coefficient (Wildman–Crippen LogP) is 1.96. The minimum absolute atomic E-state index is 0.0941. The van der Waals surface area contributed by atoms with E-state index in [-0.39, 0.29) is 5.97 Å². The molecule has 0 saturated heterocycles. The van der Waals surface area contributed by atoms with E-state index in [0.29, 0.717) is 11.8 Å². The van der Waals surface area contributed by atoms with Crippen LogP contribution >= 0.6 is 0 Å². The Morgan fingerprint density at radius 3 is 2.67 bits per heavy atom. The molecule has 88 valence electrons. The molecule has 1 rings (SSSR count). The van der Waals surface area contributed by atoms with Crippen LogP contribution in [-0.4, -0.2) is 25.2 Å². The third kappa shape index (κ3) is 2.33. The highest BCUT2D eigenvalue weighted by Gasteiger charge is 2.47. The van der Waals surface area contributed by atoms with Gasteiger partial charge in [0.05, 0.1) is 7.11 Å². The highest BCUT2D eigenvalue weighted by Crippen LogP contribution is 2.37. The van der Waals surface area contributed by atoms with Crippen molar-refractivity contribution in [2.45, 2.75) is 45.6 Å². The Bertz CT molecular complexity index is 230. The van der Waals surface area contributed by atoms with E-state index in [1.807, 2.05) is 6.92 Å². The van der Waals surface area contributed by atoms with Gasteiger partial charge < -0.3 is 10.1 Å². The Balaban J connectivity index is 2.90. The fourth-order valence-corrected chi connectivity index (χ4v) is 2.73. The number of methoxy groups -OCH3 is 1. The summed E-state index contributed by atoms with van der Waals surface area (Å²) < 4.78 is 4.96. The first kappa shape index (κ1) is 12.5. The highest BCUT2D eigenvalue weighted by molar-refractivity contribution is 5.81. The van der Waals surface area contributed by atoms with Gasteiger partial charge >= 0.3 is 5.97 Å². The highest BCUT2D eigenvalue weighted by atomic mass is 16.5. The molecule has 0 aromatic rings. The predicted molar refractivity (Wildman–Crippen MR) is 60.6 cm³/mol. The number of hydrogen-bond donors (Lipinski definition) is 1. The van der Waals surface area contributed by atoms with Crippen molar-refractivity contribution in [1.82, 2.24) is 5.32 Å². The SMILES string of the molecule is CCNC1(C(=O)OC)CC(C)CCC1C. The van der Waals surface area contributed by atoms with Gasteiger partial charge in [0.25, 0.3) is 0 Å². The summed E-state index contributed by atoms with van der Waals surface area (Å²) in [6.07, 6.45) is 3.21. The Morgan fingerprint density at radius 1 is 1.47 bits per heavy atom. The van der Waals surface area contributed by atoms with Crippen LogP contribution < -0.4 is 5.32 Å². The second kappa shape index (κ2) is 4.97. The summed E-state index contributed by atoms with van der Waals surface area (Å²) in [5.41, 5.74) is -0.443. The van der Waals surface area contributed by atoms with Crippen LogP contribution in [0.1, 0.15) is 40.0 Å². The third-order valence-corrected chi connectivity index (χ3v) is 3.65. The maximum Gasteiger partial charge on any atom is 0.326 e. The number of nitrogens with one attached hydrogen (secondary N) is 1. The van der Waals surface area contributed by atoms with Gasteiger partial charge in [0.15, 0.2) is 0 Å². The molecule has 1 aliphatic carbocycles. The minimum atomic E-state index is -0.443. The fraction of sp³-hybridized carbons (Fsp3) is 0.917. The number of rotatable bonds is 3. The summed E-state index contributed by atoms with van der Waals surface area (Å²) in [5, 5.41) is 3.35. The van der Waals surface area contributed by atoms with Crippen LogP contribution in [0.3, 0.4) is 0 Å². The van der Waals surface area contributed by atoms with Crippen molar-refractivity contribution in [2.75, 3.05) is 13.7 Å². The van der Waals surface area contributed by atoms with Crippen molar-refractivity contribution in [3.63, 3.8) is 0 Å². The molecule has 3 unspecified atom stereocenters. The average molecular weight is 213 g/mol. The van der Waals surface area contributed by atoms with E-state index >= 15 is 0 Å². The number of esters is 1. The van der Waals surface area contributed by atoms with Gasteiger partial charge in [0.1, 0.15) is 5.54 Å². The van der Waals surface area contributed by atoms with Crippen LogP contribution in [0.2, 0.25) is 0 Å². The molecular weight excluding hydrogens is 190 g/mol. The van der Waals surface area contributed by atoms with Crippen molar-refractivity contribution in [3.8, 4) is 0 Å². The molecule has 1 N–H and O–H groups in total. The van der Waals surface area contributed by atoms with Crippen molar-refractivity contribution in [2.24, 2.45) is 11.8 Å². The summed E-state index contributed by atoms with van der Waals surface area (Å²) in [6.45, 7) is 7.20. The van der Waals surface area contributed by atoms with Gasteiger partial charge in [-0.2, -0.15) is 0 Å². The first-order valence-corrected chi connectivity index (χ1v) is 5.90. The van der Waals surface area contributed by atoms with Crippen molar-refractivity contribution in [1.29, 1.82) is 0 Å². The zero-order valence-electron chi connectivity index (χ0n) is 10.3. The minimum Gasteiger partial charge on any atom is -0.468 e. The van der Waals surface area contributed by atoms with Crippen LogP contribution in [-0.2, 0) is 9.53 Å². The lowest BCUT2D eigenvalue weighted by Crippen LogP contribution is -2.59. The van der Waals surface area contributed by atoms with Gasteiger partial charge in [0.2, 0.25) is 0 Å². The summed E-state index contributed by atoms with van der Waals surface area (Å²) >= 11 is 0. The molecule has 1 fully saturated rings. The van der Waals surface area contributed by atoms with Gasteiger partial charge in [0, 0.05) is 0 Å². The fourth-order valence-electron chi connectivity index (χ4n) is 2.73. The van der Waals surface area contributed by atoms with Crippen molar-refractivity contribution < 1.29 is 9.53 Å². The molecule has 15 heavy (non-hydrogen) atoms. The second-order valence-electron chi connectivity index (χ2n) is 4.78. The zero-order chi connectivity index (χ0) is 11.5. The lowest BCUT2D eigenvalue weighted by molar-refractivity contribution is -0.153. The molecule has 0 aliphatic heterocycles. The van der Waals surface area contributed by atoms with E-state index in [0.717, 1.165) is 19.4 Å². The molecule has 3 atom stereocenters. The van der Waals surface area contributed by atoms with Crippen LogP contribution in [0.15, 0.2) is 0 Å². The van der Waals surface area contributed by atoms with Crippen LogP contribution in [0.25, 0.3) is 0 Å². The Hall–Kier alpha value is -0.570. The topological polar surface area (TPSA) is 38.3 Å². The van der Waals surface area contributed by atoms with E-state index in [2.05, 4.69) is 19.2 Å². The maximum absolute atomic E-state index is 12.0. The molecule has 3 heteroatoms. The number of ether oxygens (including phenoxy) is 1. The van der Waals surface area contributed by atoms with Crippen LogP contribution in [0.4, 0.5) is 0 Å². The Kier molecular flexibility index (Phi) is 4.14. The molecule has 3 nitrogen and oxygen atoms in total. The maximum atomic E-state index is 12.0. The van der Waals surface area contributed by atoms with Gasteiger partial charge in [-0.15, -0.1) is 0 Å². The third-order valence-electron chi connectivity index (χ3n) is 3.65. The van der Waals surface area contributed by atoms with Gasteiger partial charge in [-0.1, -0.05) is 27.2 Å². The first-order chi connectivity index (χ1) is 7.06. The molecule has 0 aromatic carbocycles. The Morgan fingerprint density at radius 2 is 2.13 bits per heavy atom. The Labute approximate surface area is 92.6 Å².